The number of carbonyl (C=O) groups excluding carboxylic acids is 1. The number of amides is 1. The minimum Gasteiger partial charge on any atom is -0.383 e. The lowest BCUT2D eigenvalue weighted by molar-refractivity contribution is 0.102. The van der Waals surface area contributed by atoms with Crippen LogP contribution in [0.4, 0.5) is 11.4 Å². The molecule has 0 atom stereocenters. The Bertz CT molecular complexity index is 558. The number of anilines is 2. The topological polar surface area (TPSA) is 63.2 Å². The fourth-order valence-electron chi connectivity index (χ4n) is 1.68. The van der Waals surface area contributed by atoms with Crippen LogP contribution in [0.15, 0.2) is 48.8 Å². The number of methoxy groups -OCH3 is 1. The maximum absolute atomic E-state index is 12.1. The van der Waals surface area contributed by atoms with E-state index in [-0.39, 0.29) is 5.91 Å². The van der Waals surface area contributed by atoms with Gasteiger partial charge in [-0.3, -0.25) is 9.78 Å². The highest BCUT2D eigenvalue weighted by Gasteiger charge is 2.07. The van der Waals surface area contributed by atoms with Crippen LogP contribution in [0, 0.1) is 0 Å². The summed E-state index contributed by atoms with van der Waals surface area (Å²) >= 11 is 0. The van der Waals surface area contributed by atoms with Crippen molar-refractivity contribution in [2.45, 2.75) is 0 Å². The Labute approximate surface area is 118 Å². The normalized spacial score (nSPS) is 10.1. The van der Waals surface area contributed by atoms with Crippen LogP contribution in [0.1, 0.15) is 10.4 Å². The summed E-state index contributed by atoms with van der Waals surface area (Å²) in [6.07, 6.45) is 3.22. The van der Waals surface area contributed by atoms with Gasteiger partial charge in [0.2, 0.25) is 0 Å². The maximum Gasteiger partial charge on any atom is 0.257 e. The lowest BCUT2D eigenvalue weighted by Crippen LogP contribution is -2.13. The Balaban J connectivity index is 2.01. The molecule has 2 aromatic rings. The molecule has 1 aromatic carbocycles. The quantitative estimate of drug-likeness (QED) is 0.792. The summed E-state index contributed by atoms with van der Waals surface area (Å²) in [4.78, 5) is 16.2. The van der Waals surface area contributed by atoms with Crippen molar-refractivity contribution in [1.82, 2.24) is 4.98 Å². The molecule has 5 heteroatoms. The molecule has 2 rings (SSSR count). The van der Waals surface area contributed by atoms with Crippen LogP contribution in [-0.2, 0) is 4.74 Å². The highest BCUT2D eigenvalue weighted by Crippen LogP contribution is 2.11. The van der Waals surface area contributed by atoms with Gasteiger partial charge in [0.1, 0.15) is 0 Å². The third-order valence-electron chi connectivity index (χ3n) is 2.67. The van der Waals surface area contributed by atoms with E-state index in [1.165, 1.54) is 0 Å². The SMILES string of the molecule is COCCNc1cncc(C(=O)Nc2ccccc2)c1. The van der Waals surface area contributed by atoms with Crippen LogP contribution >= 0.6 is 0 Å². The van der Waals surface area contributed by atoms with E-state index >= 15 is 0 Å². The molecular weight excluding hydrogens is 254 g/mol. The molecule has 1 heterocycles. The smallest absolute Gasteiger partial charge is 0.257 e. The zero-order valence-corrected chi connectivity index (χ0v) is 11.3. The first-order chi connectivity index (χ1) is 9.79. The Morgan fingerprint density at radius 1 is 1.20 bits per heavy atom. The van der Waals surface area contributed by atoms with Crippen LogP contribution in [0.5, 0.6) is 0 Å². The van der Waals surface area contributed by atoms with Crippen molar-refractivity contribution in [2.24, 2.45) is 0 Å². The Morgan fingerprint density at radius 2 is 2.00 bits per heavy atom. The molecule has 2 N–H and O–H groups in total. The number of hydrogen-bond donors (Lipinski definition) is 2. The van der Waals surface area contributed by atoms with Crippen molar-refractivity contribution in [3.05, 3.63) is 54.4 Å². The van der Waals surface area contributed by atoms with Gasteiger partial charge in [0.25, 0.3) is 5.91 Å². The Morgan fingerprint density at radius 3 is 2.75 bits per heavy atom. The van der Waals surface area contributed by atoms with Crippen LogP contribution in [0.25, 0.3) is 0 Å². The van der Waals surface area contributed by atoms with Gasteiger partial charge in [0.05, 0.1) is 17.9 Å². The Hall–Kier alpha value is -2.40. The number of aromatic nitrogens is 1. The minimum atomic E-state index is -0.181. The molecule has 0 fully saturated rings. The molecule has 0 bridgehead atoms. The fourth-order valence-corrected chi connectivity index (χ4v) is 1.68. The summed E-state index contributed by atoms with van der Waals surface area (Å²) < 4.78 is 4.96. The van der Waals surface area contributed by atoms with Crippen molar-refractivity contribution >= 4 is 17.3 Å². The third-order valence-corrected chi connectivity index (χ3v) is 2.67. The predicted molar refractivity (Wildman–Crippen MR) is 79.0 cm³/mol. The van der Waals surface area contributed by atoms with Gasteiger partial charge < -0.3 is 15.4 Å². The summed E-state index contributed by atoms with van der Waals surface area (Å²) in [7, 11) is 1.64. The number of nitrogens with one attached hydrogen (secondary N) is 2. The molecule has 0 saturated carbocycles. The number of nitrogens with zero attached hydrogens (tertiary/aromatic N) is 1. The summed E-state index contributed by atoms with van der Waals surface area (Å²) in [5.74, 6) is -0.181. The van der Waals surface area contributed by atoms with Gasteiger partial charge in [-0.15, -0.1) is 0 Å². The van der Waals surface area contributed by atoms with Crippen molar-refractivity contribution in [2.75, 3.05) is 30.9 Å². The number of ether oxygens (including phenoxy) is 1. The molecule has 0 unspecified atom stereocenters. The summed E-state index contributed by atoms with van der Waals surface area (Å²) in [5.41, 5.74) is 2.06. The van der Waals surface area contributed by atoms with E-state index in [9.17, 15) is 4.79 Å². The molecule has 0 saturated heterocycles. The average Bonchev–Trinajstić information content (AvgIpc) is 2.49. The van der Waals surface area contributed by atoms with E-state index in [1.54, 1.807) is 25.6 Å². The van der Waals surface area contributed by atoms with E-state index in [2.05, 4.69) is 15.6 Å². The van der Waals surface area contributed by atoms with E-state index in [0.29, 0.717) is 18.7 Å². The molecule has 0 radical (unpaired) electrons. The molecule has 104 valence electrons. The average molecular weight is 271 g/mol. The van der Waals surface area contributed by atoms with Gasteiger partial charge in [-0.1, -0.05) is 18.2 Å². The van der Waals surface area contributed by atoms with E-state index < -0.39 is 0 Å². The highest BCUT2D eigenvalue weighted by atomic mass is 16.5. The molecule has 5 nitrogen and oxygen atoms in total. The first-order valence-electron chi connectivity index (χ1n) is 6.34. The second kappa shape index (κ2) is 7.25. The first-order valence-corrected chi connectivity index (χ1v) is 6.34. The summed E-state index contributed by atoms with van der Waals surface area (Å²) in [6.45, 7) is 1.27. The molecule has 0 aliphatic carbocycles. The fraction of sp³-hybridized carbons (Fsp3) is 0.200. The van der Waals surface area contributed by atoms with Crippen molar-refractivity contribution < 1.29 is 9.53 Å². The summed E-state index contributed by atoms with van der Waals surface area (Å²) in [6, 6.07) is 11.1. The molecule has 1 amide bonds. The van der Waals surface area contributed by atoms with Gasteiger partial charge >= 0.3 is 0 Å². The number of rotatable bonds is 6. The largest absolute Gasteiger partial charge is 0.383 e. The number of para-hydroxylation sites is 1. The van der Waals surface area contributed by atoms with Crippen LogP contribution in [-0.4, -0.2) is 31.2 Å². The minimum absolute atomic E-state index is 0.181. The molecular formula is C15H17N3O2. The van der Waals surface area contributed by atoms with Gasteiger partial charge in [-0.05, 0) is 18.2 Å². The van der Waals surface area contributed by atoms with Crippen LogP contribution in [0.2, 0.25) is 0 Å². The summed E-state index contributed by atoms with van der Waals surface area (Å²) in [5, 5.41) is 5.96. The lowest BCUT2D eigenvalue weighted by atomic mass is 10.2. The maximum atomic E-state index is 12.1. The second-order valence-corrected chi connectivity index (χ2v) is 4.20. The van der Waals surface area contributed by atoms with Gasteiger partial charge in [-0.2, -0.15) is 0 Å². The molecule has 0 aliphatic rings. The molecule has 20 heavy (non-hydrogen) atoms. The zero-order chi connectivity index (χ0) is 14.2. The van der Waals surface area contributed by atoms with Gasteiger partial charge in [0.15, 0.2) is 0 Å². The molecule has 1 aromatic heterocycles. The molecule has 0 aliphatic heterocycles. The highest BCUT2D eigenvalue weighted by molar-refractivity contribution is 6.04. The van der Waals surface area contributed by atoms with Crippen LogP contribution < -0.4 is 10.6 Å². The number of pyridine rings is 1. The first kappa shape index (κ1) is 14.0. The van der Waals surface area contributed by atoms with Gasteiger partial charge in [-0.25, -0.2) is 0 Å². The van der Waals surface area contributed by atoms with Crippen molar-refractivity contribution in [3.8, 4) is 0 Å². The number of benzene rings is 1. The Kier molecular flexibility index (Phi) is 5.08. The zero-order valence-electron chi connectivity index (χ0n) is 11.3. The standard InChI is InChI=1S/C15H17N3O2/c1-20-8-7-17-14-9-12(10-16-11-14)15(19)18-13-5-3-2-4-6-13/h2-6,9-11,17H,7-8H2,1H3,(H,18,19). The third kappa shape index (κ3) is 4.07. The van der Waals surface area contributed by atoms with E-state index in [4.69, 9.17) is 4.74 Å². The van der Waals surface area contributed by atoms with Gasteiger partial charge in [0, 0.05) is 31.7 Å². The van der Waals surface area contributed by atoms with Crippen molar-refractivity contribution in [3.63, 3.8) is 0 Å². The molecule has 0 spiro atoms. The van der Waals surface area contributed by atoms with E-state index in [1.807, 2.05) is 30.3 Å². The monoisotopic (exact) mass is 271 g/mol. The number of hydrogen-bond acceptors (Lipinski definition) is 4. The predicted octanol–water partition coefficient (Wildman–Crippen LogP) is 2.39. The number of carbonyl (C=O) groups is 1. The van der Waals surface area contributed by atoms with E-state index in [0.717, 1.165) is 11.4 Å². The van der Waals surface area contributed by atoms with Crippen molar-refractivity contribution in [1.29, 1.82) is 0 Å². The second-order valence-electron chi connectivity index (χ2n) is 4.20. The lowest BCUT2D eigenvalue weighted by Gasteiger charge is -2.08. The van der Waals surface area contributed by atoms with Crippen LogP contribution in [0.3, 0.4) is 0 Å².